The number of hydrogen-bond acceptors (Lipinski definition) is 3. The molecule has 0 fully saturated rings. The predicted octanol–water partition coefficient (Wildman–Crippen LogP) is 1.71. The Morgan fingerprint density at radius 2 is 2.05 bits per heavy atom. The Labute approximate surface area is 116 Å². The lowest BCUT2D eigenvalue weighted by Crippen LogP contribution is -2.41. The maximum Gasteiger partial charge on any atom is 0.326 e. The molecule has 20 heavy (non-hydrogen) atoms. The Morgan fingerprint density at radius 3 is 2.75 bits per heavy atom. The van der Waals surface area contributed by atoms with Gasteiger partial charge >= 0.3 is 5.97 Å². The SMILES string of the molecule is CC(C(=O)O)N(C)C(=O)Cc1cnc2ccccc2c1. The molecular formula is C15H16N2O3. The van der Waals surface area contributed by atoms with Crippen molar-refractivity contribution in [2.24, 2.45) is 0 Å². The van der Waals surface area contributed by atoms with E-state index in [1.807, 2.05) is 30.3 Å². The van der Waals surface area contributed by atoms with Gasteiger partial charge < -0.3 is 10.0 Å². The number of rotatable bonds is 4. The molecule has 1 aromatic carbocycles. The number of amides is 1. The van der Waals surface area contributed by atoms with Gasteiger partial charge in [0.2, 0.25) is 5.91 Å². The third kappa shape index (κ3) is 2.93. The Morgan fingerprint density at radius 1 is 1.35 bits per heavy atom. The Kier molecular flexibility index (Phi) is 3.98. The first-order valence-electron chi connectivity index (χ1n) is 6.31. The fraction of sp³-hybridized carbons (Fsp3) is 0.267. The highest BCUT2D eigenvalue weighted by Gasteiger charge is 2.21. The number of carboxylic acid groups (broad SMARTS) is 1. The zero-order chi connectivity index (χ0) is 14.7. The third-order valence-corrected chi connectivity index (χ3v) is 3.33. The van der Waals surface area contributed by atoms with Crippen LogP contribution in [0.5, 0.6) is 0 Å². The number of pyridine rings is 1. The second-order valence-corrected chi connectivity index (χ2v) is 4.73. The normalized spacial score (nSPS) is 12.1. The Hall–Kier alpha value is -2.43. The van der Waals surface area contributed by atoms with E-state index < -0.39 is 12.0 Å². The van der Waals surface area contributed by atoms with Gasteiger partial charge in [0.1, 0.15) is 6.04 Å². The van der Waals surface area contributed by atoms with Gasteiger partial charge in [-0.05, 0) is 24.6 Å². The van der Waals surface area contributed by atoms with Crippen LogP contribution >= 0.6 is 0 Å². The van der Waals surface area contributed by atoms with E-state index in [1.54, 1.807) is 6.20 Å². The summed E-state index contributed by atoms with van der Waals surface area (Å²) >= 11 is 0. The van der Waals surface area contributed by atoms with Crippen LogP contribution in [-0.4, -0.2) is 40.0 Å². The number of para-hydroxylation sites is 1. The van der Waals surface area contributed by atoms with Crippen molar-refractivity contribution in [2.75, 3.05) is 7.05 Å². The zero-order valence-electron chi connectivity index (χ0n) is 11.4. The molecule has 0 saturated carbocycles. The second-order valence-electron chi connectivity index (χ2n) is 4.73. The number of aromatic nitrogens is 1. The molecule has 0 saturated heterocycles. The van der Waals surface area contributed by atoms with Crippen molar-refractivity contribution in [2.45, 2.75) is 19.4 Å². The maximum atomic E-state index is 12.0. The lowest BCUT2D eigenvalue weighted by atomic mass is 10.1. The van der Waals surface area contributed by atoms with Gasteiger partial charge in [0.15, 0.2) is 0 Å². The van der Waals surface area contributed by atoms with E-state index >= 15 is 0 Å². The first-order chi connectivity index (χ1) is 9.49. The van der Waals surface area contributed by atoms with Crippen LogP contribution in [0.1, 0.15) is 12.5 Å². The lowest BCUT2D eigenvalue weighted by molar-refractivity contribution is -0.147. The highest BCUT2D eigenvalue weighted by Crippen LogP contribution is 2.13. The largest absolute Gasteiger partial charge is 0.480 e. The summed E-state index contributed by atoms with van der Waals surface area (Å²) in [6.45, 7) is 1.48. The minimum atomic E-state index is -1.02. The number of fused-ring (bicyclic) bond motifs is 1. The number of hydrogen-bond donors (Lipinski definition) is 1. The van der Waals surface area contributed by atoms with Crippen LogP contribution in [0.4, 0.5) is 0 Å². The van der Waals surface area contributed by atoms with Gasteiger partial charge in [-0.2, -0.15) is 0 Å². The van der Waals surface area contributed by atoms with Crippen molar-refractivity contribution in [3.8, 4) is 0 Å². The van der Waals surface area contributed by atoms with Gasteiger partial charge in [-0.3, -0.25) is 9.78 Å². The van der Waals surface area contributed by atoms with E-state index in [1.165, 1.54) is 18.9 Å². The summed E-state index contributed by atoms with van der Waals surface area (Å²) in [6, 6.07) is 8.71. The number of carbonyl (C=O) groups is 2. The molecule has 1 unspecified atom stereocenters. The van der Waals surface area contributed by atoms with Crippen LogP contribution < -0.4 is 0 Å². The average Bonchev–Trinajstić information content (AvgIpc) is 2.45. The highest BCUT2D eigenvalue weighted by atomic mass is 16.4. The van der Waals surface area contributed by atoms with Crippen LogP contribution in [0.25, 0.3) is 10.9 Å². The van der Waals surface area contributed by atoms with Crippen molar-refractivity contribution in [3.05, 3.63) is 42.1 Å². The molecule has 1 heterocycles. The first-order valence-corrected chi connectivity index (χ1v) is 6.31. The molecule has 1 aromatic heterocycles. The van der Waals surface area contributed by atoms with Crippen LogP contribution in [-0.2, 0) is 16.0 Å². The number of nitrogens with zero attached hydrogens (tertiary/aromatic N) is 2. The number of benzene rings is 1. The molecule has 0 aliphatic rings. The Bertz CT molecular complexity index is 654. The van der Waals surface area contributed by atoms with Gasteiger partial charge in [-0.1, -0.05) is 18.2 Å². The number of carboxylic acids is 1. The zero-order valence-corrected chi connectivity index (χ0v) is 11.4. The maximum absolute atomic E-state index is 12.0. The van der Waals surface area contributed by atoms with Gasteiger partial charge in [-0.25, -0.2) is 4.79 Å². The summed E-state index contributed by atoms with van der Waals surface area (Å²) in [7, 11) is 1.50. The minimum absolute atomic E-state index is 0.145. The lowest BCUT2D eigenvalue weighted by Gasteiger charge is -2.21. The summed E-state index contributed by atoms with van der Waals surface area (Å²) in [5.41, 5.74) is 1.65. The first kappa shape index (κ1) is 14.0. The summed E-state index contributed by atoms with van der Waals surface area (Å²) in [4.78, 5) is 28.4. The second kappa shape index (κ2) is 5.69. The smallest absolute Gasteiger partial charge is 0.326 e. The molecule has 1 amide bonds. The Balaban J connectivity index is 2.15. The van der Waals surface area contributed by atoms with Gasteiger partial charge in [0, 0.05) is 18.6 Å². The van der Waals surface area contributed by atoms with Crippen molar-refractivity contribution >= 4 is 22.8 Å². The molecule has 2 aromatic rings. The average molecular weight is 272 g/mol. The van der Waals surface area contributed by atoms with Crippen molar-refractivity contribution in [1.29, 1.82) is 0 Å². The molecule has 1 N–H and O–H groups in total. The molecule has 104 valence electrons. The molecule has 0 aliphatic carbocycles. The van der Waals surface area contributed by atoms with E-state index in [-0.39, 0.29) is 12.3 Å². The summed E-state index contributed by atoms with van der Waals surface area (Å²) in [5.74, 6) is -1.26. The molecule has 5 nitrogen and oxygen atoms in total. The summed E-state index contributed by atoms with van der Waals surface area (Å²) in [5, 5.41) is 9.87. The van der Waals surface area contributed by atoms with Crippen molar-refractivity contribution in [3.63, 3.8) is 0 Å². The van der Waals surface area contributed by atoms with Crippen LogP contribution in [0.15, 0.2) is 36.5 Å². The molecule has 0 bridgehead atoms. The molecule has 0 spiro atoms. The number of carbonyl (C=O) groups excluding carboxylic acids is 1. The quantitative estimate of drug-likeness (QED) is 0.919. The fourth-order valence-electron chi connectivity index (χ4n) is 1.89. The van der Waals surface area contributed by atoms with E-state index in [0.717, 1.165) is 16.5 Å². The number of aliphatic carboxylic acids is 1. The van der Waals surface area contributed by atoms with Crippen LogP contribution in [0.3, 0.4) is 0 Å². The number of likely N-dealkylation sites (N-methyl/N-ethyl adjacent to an activating group) is 1. The predicted molar refractivity (Wildman–Crippen MR) is 75.3 cm³/mol. The molecule has 5 heteroatoms. The van der Waals surface area contributed by atoms with Gasteiger partial charge in [-0.15, -0.1) is 0 Å². The van der Waals surface area contributed by atoms with Crippen LogP contribution in [0.2, 0.25) is 0 Å². The van der Waals surface area contributed by atoms with Gasteiger partial charge in [0.05, 0.1) is 11.9 Å². The topological polar surface area (TPSA) is 70.5 Å². The van der Waals surface area contributed by atoms with E-state index in [0.29, 0.717) is 0 Å². The highest BCUT2D eigenvalue weighted by molar-refractivity contribution is 5.85. The van der Waals surface area contributed by atoms with E-state index in [9.17, 15) is 9.59 Å². The van der Waals surface area contributed by atoms with Gasteiger partial charge in [0.25, 0.3) is 0 Å². The van der Waals surface area contributed by atoms with Crippen molar-refractivity contribution < 1.29 is 14.7 Å². The fourth-order valence-corrected chi connectivity index (χ4v) is 1.89. The standard InChI is InChI=1S/C15H16N2O3/c1-10(15(19)20)17(2)14(18)8-11-7-12-5-3-4-6-13(12)16-9-11/h3-7,9-10H,8H2,1-2H3,(H,19,20). The van der Waals surface area contributed by atoms with Crippen molar-refractivity contribution in [1.82, 2.24) is 9.88 Å². The molecule has 2 rings (SSSR count). The van der Waals surface area contributed by atoms with Crippen LogP contribution in [0, 0.1) is 0 Å². The summed E-state index contributed by atoms with van der Waals surface area (Å²) in [6.07, 6.45) is 1.80. The molecule has 0 aliphatic heterocycles. The van der Waals surface area contributed by atoms with E-state index in [2.05, 4.69) is 4.98 Å². The third-order valence-electron chi connectivity index (χ3n) is 3.33. The molecule has 1 atom stereocenters. The monoisotopic (exact) mass is 272 g/mol. The summed E-state index contributed by atoms with van der Waals surface area (Å²) < 4.78 is 0. The molecule has 0 radical (unpaired) electrons. The van der Waals surface area contributed by atoms with E-state index in [4.69, 9.17) is 5.11 Å². The minimum Gasteiger partial charge on any atom is -0.480 e. The molecular weight excluding hydrogens is 256 g/mol.